The number of carbonyl (C=O) groups excluding carboxylic acids is 1. The van der Waals surface area contributed by atoms with Gasteiger partial charge in [-0.05, 0) is 31.9 Å². The molecule has 1 aromatic carbocycles. The Labute approximate surface area is 109 Å². The second-order valence-electron chi connectivity index (χ2n) is 3.71. The number of Topliss-reactive ketones (excluding diaryl/α,β-unsaturated/α-hetero) is 1. The standard InChI is InChI=1S/C12H16BrNO3/c1-8(16)10-6-9(13)7-11(14)12(10)17-5-3-2-4-15/h6-7,15H,2-5,14H2,1H3. The molecule has 0 saturated heterocycles. The van der Waals surface area contributed by atoms with Crippen LogP contribution in [0.3, 0.4) is 0 Å². The van der Waals surface area contributed by atoms with E-state index in [1.54, 1.807) is 12.1 Å². The van der Waals surface area contributed by atoms with Gasteiger partial charge in [0.25, 0.3) is 0 Å². The first-order valence-corrected chi connectivity index (χ1v) is 6.19. The zero-order chi connectivity index (χ0) is 12.8. The molecule has 0 aliphatic rings. The van der Waals surface area contributed by atoms with Crippen LogP contribution in [-0.4, -0.2) is 24.1 Å². The van der Waals surface area contributed by atoms with Crippen molar-refractivity contribution in [3.8, 4) is 5.75 Å². The predicted octanol–water partition coefficient (Wildman–Crippen LogP) is 2.39. The normalized spacial score (nSPS) is 10.3. The zero-order valence-electron chi connectivity index (χ0n) is 9.70. The number of aliphatic hydroxyl groups excluding tert-OH is 1. The summed E-state index contributed by atoms with van der Waals surface area (Å²) in [6, 6.07) is 3.40. The number of hydrogen-bond acceptors (Lipinski definition) is 4. The first-order chi connectivity index (χ1) is 8.06. The summed E-state index contributed by atoms with van der Waals surface area (Å²) in [7, 11) is 0. The van der Waals surface area contributed by atoms with E-state index in [2.05, 4.69) is 15.9 Å². The summed E-state index contributed by atoms with van der Waals surface area (Å²) in [5.74, 6) is 0.341. The number of benzene rings is 1. The third-order valence-electron chi connectivity index (χ3n) is 2.26. The van der Waals surface area contributed by atoms with Gasteiger partial charge in [-0.15, -0.1) is 0 Å². The lowest BCUT2D eigenvalue weighted by Gasteiger charge is -2.12. The minimum absolute atomic E-state index is 0.0878. The number of nitrogens with two attached hydrogens (primary N) is 1. The van der Waals surface area contributed by atoms with Crippen molar-refractivity contribution in [3.05, 3.63) is 22.2 Å². The SMILES string of the molecule is CC(=O)c1cc(Br)cc(N)c1OCCCCO. The van der Waals surface area contributed by atoms with Crippen molar-refractivity contribution < 1.29 is 14.6 Å². The average molecular weight is 302 g/mol. The fourth-order valence-electron chi connectivity index (χ4n) is 1.43. The topological polar surface area (TPSA) is 72.6 Å². The maximum Gasteiger partial charge on any atom is 0.163 e. The summed E-state index contributed by atoms with van der Waals surface area (Å²) in [6.45, 7) is 2.05. The quantitative estimate of drug-likeness (QED) is 0.481. The summed E-state index contributed by atoms with van der Waals surface area (Å²) in [5, 5.41) is 8.66. The smallest absolute Gasteiger partial charge is 0.163 e. The first kappa shape index (κ1) is 14.0. The summed E-state index contributed by atoms with van der Waals surface area (Å²) in [5.41, 5.74) is 6.73. The van der Waals surface area contributed by atoms with Crippen molar-refractivity contribution in [2.45, 2.75) is 19.8 Å². The number of halogens is 1. The molecule has 0 aliphatic carbocycles. The number of unbranched alkanes of at least 4 members (excludes halogenated alkanes) is 1. The number of aliphatic hydroxyl groups is 1. The van der Waals surface area contributed by atoms with E-state index < -0.39 is 0 Å². The van der Waals surface area contributed by atoms with Crippen molar-refractivity contribution in [1.82, 2.24) is 0 Å². The minimum atomic E-state index is -0.0878. The van der Waals surface area contributed by atoms with Gasteiger partial charge in [-0.25, -0.2) is 0 Å². The summed E-state index contributed by atoms with van der Waals surface area (Å²) in [4.78, 5) is 11.5. The molecular weight excluding hydrogens is 286 g/mol. The van der Waals surface area contributed by atoms with Gasteiger partial charge in [0.1, 0.15) is 0 Å². The molecule has 0 unspecified atom stereocenters. The summed E-state index contributed by atoms with van der Waals surface area (Å²) >= 11 is 3.29. The Kier molecular flexibility index (Phi) is 5.44. The van der Waals surface area contributed by atoms with Crippen molar-refractivity contribution in [1.29, 1.82) is 0 Å². The van der Waals surface area contributed by atoms with Crippen LogP contribution in [0, 0.1) is 0 Å². The largest absolute Gasteiger partial charge is 0.491 e. The van der Waals surface area contributed by atoms with Gasteiger partial charge >= 0.3 is 0 Å². The Morgan fingerprint density at radius 1 is 1.47 bits per heavy atom. The molecule has 3 N–H and O–H groups in total. The highest BCUT2D eigenvalue weighted by Crippen LogP contribution is 2.31. The molecule has 5 heteroatoms. The van der Waals surface area contributed by atoms with Crippen molar-refractivity contribution >= 4 is 27.4 Å². The highest BCUT2D eigenvalue weighted by molar-refractivity contribution is 9.10. The van der Waals surface area contributed by atoms with Crippen molar-refractivity contribution in [2.24, 2.45) is 0 Å². The molecule has 1 rings (SSSR count). The number of anilines is 1. The molecule has 1 aromatic rings. The zero-order valence-corrected chi connectivity index (χ0v) is 11.3. The van der Waals surface area contributed by atoms with Crippen LogP contribution in [0.4, 0.5) is 5.69 Å². The van der Waals surface area contributed by atoms with Gasteiger partial charge in [-0.2, -0.15) is 0 Å². The van der Waals surface area contributed by atoms with Crippen LogP contribution in [0.15, 0.2) is 16.6 Å². The van der Waals surface area contributed by atoms with Gasteiger partial charge in [0.2, 0.25) is 0 Å². The maximum absolute atomic E-state index is 11.5. The molecular formula is C12H16BrNO3. The van der Waals surface area contributed by atoms with E-state index >= 15 is 0 Å². The molecule has 0 aliphatic heterocycles. The molecule has 0 saturated carbocycles. The third-order valence-corrected chi connectivity index (χ3v) is 2.72. The Balaban J connectivity index is 2.85. The molecule has 0 bridgehead atoms. The Morgan fingerprint density at radius 3 is 2.76 bits per heavy atom. The van der Waals surface area contributed by atoms with Gasteiger partial charge in [-0.1, -0.05) is 15.9 Å². The number of nitrogen functional groups attached to an aromatic ring is 1. The lowest BCUT2D eigenvalue weighted by molar-refractivity contribution is 0.101. The van der Waals surface area contributed by atoms with Gasteiger partial charge < -0.3 is 15.6 Å². The van der Waals surface area contributed by atoms with E-state index in [1.807, 2.05) is 0 Å². The molecule has 4 nitrogen and oxygen atoms in total. The molecule has 17 heavy (non-hydrogen) atoms. The molecule has 0 fully saturated rings. The van der Waals surface area contributed by atoms with E-state index in [9.17, 15) is 4.79 Å². The van der Waals surface area contributed by atoms with Crippen LogP contribution in [0.5, 0.6) is 5.75 Å². The van der Waals surface area contributed by atoms with Crippen LogP contribution >= 0.6 is 15.9 Å². The number of hydrogen-bond donors (Lipinski definition) is 2. The molecule has 0 amide bonds. The highest BCUT2D eigenvalue weighted by Gasteiger charge is 2.13. The summed E-state index contributed by atoms with van der Waals surface area (Å²) < 4.78 is 6.26. The molecule has 0 spiro atoms. The van der Waals surface area contributed by atoms with Crippen LogP contribution < -0.4 is 10.5 Å². The molecule has 94 valence electrons. The van der Waals surface area contributed by atoms with E-state index in [0.717, 1.165) is 10.9 Å². The predicted molar refractivity (Wildman–Crippen MR) is 70.4 cm³/mol. The fraction of sp³-hybridized carbons (Fsp3) is 0.417. The minimum Gasteiger partial charge on any atom is -0.491 e. The summed E-state index contributed by atoms with van der Waals surface area (Å²) in [6.07, 6.45) is 1.40. The second-order valence-corrected chi connectivity index (χ2v) is 4.62. The number of rotatable bonds is 6. The molecule has 0 radical (unpaired) electrons. The number of carbonyl (C=O) groups is 1. The van der Waals surface area contributed by atoms with Crippen molar-refractivity contribution in [2.75, 3.05) is 18.9 Å². The Hall–Kier alpha value is -1.07. The van der Waals surface area contributed by atoms with Gasteiger partial charge in [0, 0.05) is 11.1 Å². The Bertz CT molecular complexity index is 407. The van der Waals surface area contributed by atoms with Crippen LogP contribution in [-0.2, 0) is 0 Å². The first-order valence-electron chi connectivity index (χ1n) is 5.40. The molecule has 0 atom stereocenters. The lowest BCUT2D eigenvalue weighted by atomic mass is 10.1. The second kappa shape index (κ2) is 6.61. The van der Waals surface area contributed by atoms with Gasteiger partial charge in [0.15, 0.2) is 11.5 Å². The third kappa shape index (κ3) is 4.02. The highest BCUT2D eigenvalue weighted by atomic mass is 79.9. The van der Waals surface area contributed by atoms with Crippen LogP contribution in [0.2, 0.25) is 0 Å². The van der Waals surface area contributed by atoms with E-state index in [4.69, 9.17) is 15.6 Å². The monoisotopic (exact) mass is 301 g/mol. The number of ketones is 1. The van der Waals surface area contributed by atoms with Crippen LogP contribution in [0.25, 0.3) is 0 Å². The van der Waals surface area contributed by atoms with Crippen molar-refractivity contribution in [3.63, 3.8) is 0 Å². The van der Waals surface area contributed by atoms with E-state index in [-0.39, 0.29) is 12.4 Å². The van der Waals surface area contributed by atoms with Gasteiger partial charge in [0.05, 0.1) is 17.9 Å². The maximum atomic E-state index is 11.5. The Morgan fingerprint density at radius 2 is 2.18 bits per heavy atom. The fourth-order valence-corrected chi connectivity index (χ4v) is 1.90. The van der Waals surface area contributed by atoms with Crippen LogP contribution in [0.1, 0.15) is 30.1 Å². The van der Waals surface area contributed by atoms with Gasteiger partial charge in [-0.3, -0.25) is 4.79 Å². The average Bonchev–Trinajstić information content (AvgIpc) is 2.25. The number of ether oxygens (including phenoxy) is 1. The molecule has 0 aromatic heterocycles. The van der Waals surface area contributed by atoms with E-state index in [0.29, 0.717) is 30.0 Å². The van der Waals surface area contributed by atoms with E-state index in [1.165, 1.54) is 6.92 Å². The molecule has 0 heterocycles. The lowest BCUT2D eigenvalue weighted by Crippen LogP contribution is -2.06.